The second-order valence-corrected chi connectivity index (χ2v) is 4.62. The Morgan fingerprint density at radius 1 is 1.47 bits per heavy atom. The molecule has 0 saturated heterocycles. The van der Waals surface area contributed by atoms with Crippen LogP contribution in [0.25, 0.3) is 11.3 Å². The molecular formula is C10H9BrN4OS. The van der Waals surface area contributed by atoms with E-state index in [0.717, 1.165) is 10.2 Å². The van der Waals surface area contributed by atoms with E-state index in [4.69, 9.17) is 12.2 Å². The van der Waals surface area contributed by atoms with Gasteiger partial charge in [0.15, 0.2) is 10.5 Å². The third kappa shape index (κ3) is 2.45. The summed E-state index contributed by atoms with van der Waals surface area (Å²) in [6.45, 7) is 0. The zero-order valence-corrected chi connectivity index (χ0v) is 11.3. The summed E-state index contributed by atoms with van der Waals surface area (Å²) in [6, 6.07) is 5.57. The van der Waals surface area contributed by atoms with E-state index in [2.05, 4.69) is 36.4 Å². The van der Waals surface area contributed by atoms with Crippen LogP contribution in [0, 0.1) is 4.77 Å². The van der Waals surface area contributed by atoms with Crippen molar-refractivity contribution in [3.05, 3.63) is 37.8 Å². The third-order valence-corrected chi connectivity index (χ3v) is 2.90. The summed E-state index contributed by atoms with van der Waals surface area (Å²) in [6.07, 6.45) is 0. The number of rotatable bonds is 2. The van der Waals surface area contributed by atoms with E-state index in [1.54, 1.807) is 7.05 Å². The lowest BCUT2D eigenvalue weighted by Gasteiger charge is -2.07. The van der Waals surface area contributed by atoms with E-state index in [-0.39, 0.29) is 10.3 Å². The SMILES string of the molecule is CNc1ccc(Br)cc1-c1n[nH]c(=S)[nH]c1=O. The van der Waals surface area contributed by atoms with Gasteiger partial charge in [0.05, 0.1) is 0 Å². The average molecular weight is 313 g/mol. The van der Waals surface area contributed by atoms with Gasteiger partial charge in [0.2, 0.25) is 0 Å². The van der Waals surface area contributed by atoms with E-state index in [1.807, 2.05) is 18.2 Å². The maximum Gasteiger partial charge on any atom is 0.278 e. The molecule has 0 fully saturated rings. The minimum absolute atomic E-state index is 0.208. The van der Waals surface area contributed by atoms with Gasteiger partial charge < -0.3 is 5.32 Å². The summed E-state index contributed by atoms with van der Waals surface area (Å²) >= 11 is 8.16. The summed E-state index contributed by atoms with van der Waals surface area (Å²) < 4.78 is 1.08. The summed E-state index contributed by atoms with van der Waals surface area (Å²) in [5.74, 6) is 0. The minimum atomic E-state index is -0.316. The van der Waals surface area contributed by atoms with E-state index in [9.17, 15) is 4.79 Å². The second-order valence-electron chi connectivity index (χ2n) is 3.30. The smallest absolute Gasteiger partial charge is 0.278 e. The van der Waals surface area contributed by atoms with Crippen LogP contribution < -0.4 is 10.9 Å². The van der Waals surface area contributed by atoms with Crippen molar-refractivity contribution in [2.45, 2.75) is 0 Å². The molecule has 2 aromatic rings. The summed E-state index contributed by atoms with van der Waals surface area (Å²) in [5, 5.41) is 9.55. The highest BCUT2D eigenvalue weighted by Crippen LogP contribution is 2.27. The van der Waals surface area contributed by atoms with Gasteiger partial charge in [0, 0.05) is 22.8 Å². The second kappa shape index (κ2) is 4.80. The first kappa shape index (κ1) is 12.0. The molecule has 0 radical (unpaired) electrons. The van der Waals surface area contributed by atoms with Crippen molar-refractivity contribution in [3.63, 3.8) is 0 Å². The van der Waals surface area contributed by atoms with Gasteiger partial charge in [-0.05, 0) is 30.4 Å². The summed E-state index contributed by atoms with van der Waals surface area (Å²) in [4.78, 5) is 14.3. The van der Waals surface area contributed by atoms with E-state index in [1.165, 1.54) is 0 Å². The van der Waals surface area contributed by atoms with E-state index in [0.29, 0.717) is 11.3 Å². The molecule has 0 amide bonds. The lowest BCUT2D eigenvalue weighted by molar-refractivity contribution is 0.932. The molecule has 17 heavy (non-hydrogen) atoms. The van der Waals surface area contributed by atoms with E-state index >= 15 is 0 Å². The van der Waals surface area contributed by atoms with Crippen molar-refractivity contribution < 1.29 is 0 Å². The van der Waals surface area contributed by atoms with E-state index < -0.39 is 0 Å². The van der Waals surface area contributed by atoms with Crippen molar-refractivity contribution in [1.29, 1.82) is 0 Å². The lowest BCUT2D eigenvalue weighted by atomic mass is 10.1. The molecule has 1 aromatic heterocycles. The molecule has 0 aliphatic carbocycles. The molecule has 0 atom stereocenters. The fourth-order valence-electron chi connectivity index (χ4n) is 1.46. The first-order chi connectivity index (χ1) is 8.11. The molecule has 0 saturated carbocycles. The van der Waals surface area contributed by atoms with Gasteiger partial charge in [0.1, 0.15) is 0 Å². The summed E-state index contributed by atoms with van der Waals surface area (Å²) in [5.41, 5.74) is 1.50. The molecule has 88 valence electrons. The monoisotopic (exact) mass is 312 g/mol. The van der Waals surface area contributed by atoms with Crippen LogP contribution in [0.5, 0.6) is 0 Å². The van der Waals surface area contributed by atoms with Crippen LogP contribution in [0.4, 0.5) is 5.69 Å². The standard InChI is InChI=1S/C10H9BrN4OS/c1-12-7-3-2-5(11)4-6(7)8-9(16)13-10(17)15-14-8/h2-4,12H,1H3,(H2,13,15,16,17). The van der Waals surface area contributed by atoms with Crippen LogP contribution in [-0.2, 0) is 0 Å². The molecule has 5 nitrogen and oxygen atoms in total. The van der Waals surface area contributed by atoms with Gasteiger partial charge in [-0.1, -0.05) is 15.9 Å². The molecule has 1 aromatic carbocycles. The molecule has 0 aliphatic rings. The molecule has 3 N–H and O–H groups in total. The number of hydrogen-bond donors (Lipinski definition) is 3. The number of aromatic amines is 2. The van der Waals surface area contributed by atoms with Crippen molar-refractivity contribution in [2.75, 3.05) is 12.4 Å². The van der Waals surface area contributed by atoms with Crippen LogP contribution in [0.15, 0.2) is 27.5 Å². The number of hydrogen-bond acceptors (Lipinski definition) is 4. The highest BCUT2D eigenvalue weighted by atomic mass is 79.9. The summed E-state index contributed by atoms with van der Waals surface area (Å²) in [7, 11) is 1.78. The quantitative estimate of drug-likeness (QED) is 0.744. The Bertz CT molecular complexity index is 664. The number of nitrogens with zero attached hydrogens (tertiary/aromatic N) is 1. The van der Waals surface area contributed by atoms with Gasteiger partial charge in [-0.3, -0.25) is 14.9 Å². The van der Waals surface area contributed by atoms with Crippen molar-refractivity contribution in [2.24, 2.45) is 0 Å². The molecule has 2 rings (SSSR count). The maximum absolute atomic E-state index is 11.8. The largest absolute Gasteiger partial charge is 0.388 e. The van der Waals surface area contributed by atoms with Crippen molar-refractivity contribution in [1.82, 2.24) is 15.2 Å². The molecule has 0 bridgehead atoms. The fourth-order valence-corrected chi connectivity index (χ4v) is 1.96. The number of aromatic nitrogens is 3. The minimum Gasteiger partial charge on any atom is -0.388 e. The normalized spacial score (nSPS) is 10.2. The third-order valence-electron chi connectivity index (χ3n) is 2.22. The molecule has 1 heterocycles. The topological polar surface area (TPSA) is 73.6 Å². The Hall–Kier alpha value is -1.47. The number of H-pyrrole nitrogens is 2. The Morgan fingerprint density at radius 2 is 2.24 bits per heavy atom. The fraction of sp³-hybridized carbons (Fsp3) is 0.100. The Labute approximate surface area is 110 Å². The van der Waals surface area contributed by atoms with Crippen LogP contribution in [0.3, 0.4) is 0 Å². The zero-order chi connectivity index (χ0) is 12.4. The Kier molecular flexibility index (Phi) is 3.39. The van der Waals surface area contributed by atoms with Gasteiger partial charge in [-0.2, -0.15) is 5.10 Å². The molecule has 0 unspecified atom stereocenters. The van der Waals surface area contributed by atoms with Crippen molar-refractivity contribution in [3.8, 4) is 11.3 Å². The first-order valence-electron chi connectivity index (χ1n) is 4.78. The number of anilines is 1. The van der Waals surface area contributed by atoms with Crippen molar-refractivity contribution >= 4 is 33.8 Å². The molecule has 0 aliphatic heterocycles. The van der Waals surface area contributed by atoms with Crippen LogP contribution >= 0.6 is 28.1 Å². The number of halogens is 1. The van der Waals surface area contributed by atoms with Gasteiger partial charge in [-0.15, -0.1) is 0 Å². The predicted molar refractivity (Wildman–Crippen MR) is 72.7 cm³/mol. The Morgan fingerprint density at radius 3 is 2.88 bits per heavy atom. The lowest BCUT2D eigenvalue weighted by Crippen LogP contribution is -2.13. The van der Waals surface area contributed by atoms with Crippen LogP contribution in [0.2, 0.25) is 0 Å². The molecular weight excluding hydrogens is 304 g/mol. The number of benzene rings is 1. The Balaban J connectivity index is 2.71. The van der Waals surface area contributed by atoms with Crippen LogP contribution in [-0.4, -0.2) is 22.2 Å². The predicted octanol–water partition coefficient (Wildman–Crippen LogP) is 2.30. The molecule has 0 spiro atoms. The first-order valence-corrected chi connectivity index (χ1v) is 5.98. The average Bonchev–Trinajstić information content (AvgIpc) is 2.29. The van der Waals surface area contributed by atoms with Crippen LogP contribution in [0.1, 0.15) is 0 Å². The number of nitrogens with one attached hydrogen (secondary N) is 3. The van der Waals surface area contributed by atoms with Gasteiger partial charge in [0.25, 0.3) is 5.56 Å². The zero-order valence-electron chi connectivity index (χ0n) is 8.87. The van der Waals surface area contributed by atoms with Gasteiger partial charge in [-0.25, -0.2) is 0 Å². The molecule has 7 heteroatoms. The highest BCUT2D eigenvalue weighted by Gasteiger charge is 2.10. The highest BCUT2D eigenvalue weighted by molar-refractivity contribution is 9.10. The van der Waals surface area contributed by atoms with Gasteiger partial charge >= 0.3 is 0 Å². The maximum atomic E-state index is 11.8.